The van der Waals surface area contributed by atoms with Gasteiger partial charge in [-0.25, -0.2) is 14.5 Å². The average Bonchev–Trinajstić information content (AvgIpc) is 3.18. The number of rotatable bonds is 4. The maximum atomic E-state index is 9.09. The number of aromatic nitrogens is 5. The van der Waals surface area contributed by atoms with Gasteiger partial charge in [-0.15, -0.1) is 0 Å². The van der Waals surface area contributed by atoms with Crippen molar-refractivity contribution >= 4 is 28.4 Å². The van der Waals surface area contributed by atoms with Crippen LogP contribution in [0.3, 0.4) is 0 Å². The fourth-order valence-electron chi connectivity index (χ4n) is 2.40. The predicted molar refractivity (Wildman–Crippen MR) is 89.1 cm³/mol. The van der Waals surface area contributed by atoms with Gasteiger partial charge in [0, 0.05) is 12.3 Å². The van der Waals surface area contributed by atoms with Crippen LogP contribution in [0.5, 0.6) is 5.75 Å². The van der Waals surface area contributed by atoms with E-state index in [0.29, 0.717) is 17.8 Å². The van der Waals surface area contributed by atoms with Gasteiger partial charge < -0.3 is 9.72 Å². The van der Waals surface area contributed by atoms with Gasteiger partial charge in [-0.2, -0.15) is 10.4 Å². The van der Waals surface area contributed by atoms with Crippen molar-refractivity contribution in [2.75, 3.05) is 6.61 Å². The molecule has 1 N–H and O–H groups in total. The summed E-state index contributed by atoms with van der Waals surface area (Å²) < 4.78 is 7.15. The minimum Gasteiger partial charge on any atom is -0.494 e. The van der Waals surface area contributed by atoms with Crippen molar-refractivity contribution in [2.45, 2.75) is 17.1 Å². The highest BCUT2D eigenvalue weighted by Gasteiger charge is 2.12. The van der Waals surface area contributed by atoms with Crippen LogP contribution in [0.4, 0.5) is 0 Å². The Labute approximate surface area is 141 Å². The van der Waals surface area contributed by atoms with E-state index in [1.807, 2.05) is 31.2 Å². The fraction of sp³-hybridized carbons (Fsp3) is 0.125. The summed E-state index contributed by atoms with van der Waals surface area (Å²) in [7, 11) is 0. The Hall–Kier alpha value is -3.05. The van der Waals surface area contributed by atoms with Crippen molar-refractivity contribution in [1.82, 2.24) is 24.6 Å². The summed E-state index contributed by atoms with van der Waals surface area (Å²) in [5, 5.41) is 14.9. The number of hydrogen-bond acceptors (Lipinski definition) is 6. The molecular weight excluding hydrogens is 324 g/mol. The summed E-state index contributed by atoms with van der Waals surface area (Å²) in [6, 6.07) is 9.68. The number of benzene rings is 1. The Kier molecular flexibility index (Phi) is 3.55. The zero-order valence-electron chi connectivity index (χ0n) is 12.7. The number of imidazole rings is 1. The molecule has 0 aliphatic rings. The second-order valence-electron chi connectivity index (χ2n) is 4.94. The standard InChI is InChI=1S/C16H12N6OS/c1-2-23-11-3-4-12-13(7-11)21-16(20-12)24-14-5-6-18-15-10(8-17)9-19-22(14)15/h3-7,9H,2H2,1H3,(H,20,21). The van der Waals surface area contributed by atoms with Crippen LogP contribution in [0.15, 0.2) is 46.8 Å². The van der Waals surface area contributed by atoms with Crippen LogP contribution in [0, 0.1) is 11.3 Å². The molecule has 7 nitrogen and oxygen atoms in total. The van der Waals surface area contributed by atoms with Crippen molar-refractivity contribution in [3.8, 4) is 11.8 Å². The lowest BCUT2D eigenvalue weighted by atomic mass is 10.3. The molecule has 0 radical (unpaired) electrons. The average molecular weight is 336 g/mol. The summed E-state index contributed by atoms with van der Waals surface area (Å²) in [5.41, 5.74) is 2.76. The van der Waals surface area contributed by atoms with Crippen LogP contribution in [0.1, 0.15) is 12.5 Å². The van der Waals surface area contributed by atoms with E-state index in [2.05, 4.69) is 26.1 Å². The molecular formula is C16H12N6OS. The van der Waals surface area contributed by atoms with Crippen LogP contribution in [-0.2, 0) is 0 Å². The van der Waals surface area contributed by atoms with Crippen molar-refractivity contribution in [3.63, 3.8) is 0 Å². The minimum absolute atomic E-state index is 0.448. The largest absolute Gasteiger partial charge is 0.494 e. The van der Waals surface area contributed by atoms with Crippen molar-refractivity contribution in [2.24, 2.45) is 0 Å². The second-order valence-corrected chi connectivity index (χ2v) is 5.95. The first-order chi connectivity index (χ1) is 11.8. The lowest BCUT2D eigenvalue weighted by Gasteiger charge is -2.01. The molecule has 118 valence electrons. The molecule has 0 saturated carbocycles. The van der Waals surface area contributed by atoms with Crippen molar-refractivity contribution < 1.29 is 4.74 Å². The van der Waals surface area contributed by atoms with Crippen LogP contribution in [-0.4, -0.2) is 31.2 Å². The van der Waals surface area contributed by atoms with Crippen LogP contribution in [0.25, 0.3) is 16.7 Å². The molecule has 0 bridgehead atoms. The Morgan fingerprint density at radius 2 is 2.29 bits per heavy atom. The molecule has 0 fully saturated rings. The fourth-order valence-corrected chi connectivity index (χ4v) is 3.25. The molecule has 0 amide bonds. The number of H-pyrrole nitrogens is 1. The number of nitrogens with zero attached hydrogens (tertiary/aromatic N) is 5. The number of nitrogens with one attached hydrogen (secondary N) is 1. The lowest BCUT2D eigenvalue weighted by Crippen LogP contribution is -1.94. The Bertz CT molecular complexity index is 1080. The van der Waals surface area contributed by atoms with Crippen molar-refractivity contribution in [3.05, 3.63) is 42.2 Å². The van der Waals surface area contributed by atoms with E-state index in [9.17, 15) is 0 Å². The molecule has 1 aromatic carbocycles. The molecule has 0 aliphatic heterocycles. The molecule has 0 atom stereocenters. The van der Waals surface area contributed by atoms with Gasteiger partial charge in [0.05, 0.1) is 23.8 Å². The second kappa shape index (κ2) is 5.86. The Balaban J connectivity index is 1.72. The van der Waals surface area contributed by atoms with Gasteiger partial charge in [0.2, 0.25) is 0 Å². The molecule has 3 heterocycles. The minimum atomic E-state index is 0.448. The quantitative estimate of drug-likeness (QED) is 0.576. The van der Waals surface area contributed by atoms with Crippen LogP contribution >= 0.6 is 11.8 Å². The van der Waals surface area contributed by atoms with Gasteiger partial charge in [-0.3, -0.25) is 0 Å². The number of ether oxygens (including phenoxy) is 1. The molecule has 24 heavy (non-hydrogen) atoms. The highest BCUT2D eigenvalue weighted by atomic mass is 32.2. The number of hydrogen-bond donors (Lipinski definition) is 1. The first kappa shape index (κ1) is 14.5. The van der Waals surface area contributed by atoms with E-state index in [4.69, 9.17) is 10.00 Å². The molecule has 8 heteroatoms. The van der Waals surface area contributed by atoms with E-state index in [1.165, 1.54) is 18.0 Å². The smallest absolute Gasteiger partial charge is 0.174 e. The van der Waals surface area contributed by atoms with E-state index in [0.717, 1.165) is 27.0 Å². The van der Waals surface area contributed by atoms with Crippen molar-refractivity contribution in [1.29, 1.82) is 5.26 Å². The molecule has 0 spiro atoms. The number of fused-ring (bicyclic) bond motifs is 2. The van der Waals surface area contributed by atoms with E-state index in [-0.39, 0.29) is 0 Å². The first-order valence-corrected chi connectivity index (χ1v) is 8.13. The molecule has 0 unspecified atom stereocenters. The lowest BCUT2D eigenvalue weighted by molar-refractivity contribution is 0.340. The predicted octanol–water partition coefficient (Wildman–Crippen LogP) is 3.03. The highest BCUT2D eigenvalue weighted by Crippen LogP contribution is 2.28. The van der Waals surface area contributed by atoms with E-state index < -0.39 is 0 Å². The topological polar surface area (TPSA) is 91.9 Å². The zero-order valence-corrected chi connectivity index (χ0v) is 13.5. The highest BCUT2D eigenvalue weighted by molar-refractivity contribution is 7.99. The zero-order chi connectivity index (χ0) is 16.5. The van der Waals surface area contributed by atoms with Crippen LogP contribution < -0.4 is 4.74 Å². The first-order valence-electron chi connectivity index (χ1n) is 7.31. The number of nitriles is 1. The van der Waals surface area contributed by atoms with Crippen LogP contribution in [0.2, 0.25) is 0 Å². The summed E-state index contributed by atoms with van der Waals surface area (Å²) in [4.78, 5) is 12.0. The Morgan fingerprint density at radius 1 is 1.38 bits per heavy atom. The third-order valence-electron chi connectivity index (χ3n) is 3.43. The van der Waals surface area contributed by atoms with E-state index in [1.54, 1.807) is 10.7 Å². The summed E-state index contributed by atoms with van der Waals surface area (Å²) >= 11 is 1.43. The maximum absolute atomic E-state index is 9.09. The van der Waals surface area contributed by atoms with Gasteiger partial charge >= 0.3 is 0 Å². The monoisotopic (exact) mass is 336 g/mol. The third-order valence-corrected chi connectivity index (χ3v) is 4.34. The maximum Gasteiger partial charge on any atom is 0.174 e. The molecule has 0 aliphatic carbocycles. The van der Waals surface area contributed by atoms with Gasteiger partial charge in [0.15, 0.2) is 10.8 Å². The molecule has 0 saturated heterocycles. The number of aromatic amines is 1. The van der Waals surface area contributed by atoms with E-state index >= 15 is 0 Å². The molecule has 4 rings (SSSR count). The van der Waals surface area contributed by atoms with Gasteiger partial charge in [-0.05, 0) is 36.9 Å². The van der Waals surface area contributed by atoms with Gasteiger partial charge in [-0.1, -0.05) is 0 Å². The van der Waals surface area contributed by atoms with Gasteiger partial charge in [0.25, 0.3) is 0 Å². The summed E-state index contributed by atoms with van der Waals surface area (Å²) in [6.45, 7) is 2.57. The molecule has 3 aromatic heterocycles. The summed E-state index contributed by atoms with van der Waals surface area (Å²) in [6.07, 6.45) is 3.18. The summed E-state index contributed by atoms with van der Waals surface area (Å²) in [5.74, 6) is 0.808. The van der Waals surface area contributed by atoms with Gasteiger partial charge in [0.1, 0.15) is 22.4 Å². The SMILES string of the molecule is CCOc1ccc2nc(Sc3ccnc4c(C#N)cnn34)[nH]c2c1. The molecule has 4 aromatic rings. The Morgan fingerprint density at radius 3 is 3.12 bits per heavy atom. The third kappa shape index (κ3) is 2.45. The normalized spacial score (nSPS) is 11.0.